The maximum Gasteiger partial charge on any atom is 0.240 e. The molecule has 0 bridgehead atoms. The Morgan fingerprint density at radius 2 is 1.67 bits per heavy atom. The zero-order valence-electron chi connectivity index (χ0n) is 18.3. The number of halogens is 1. The molecule has 4 rings (SSSR count). The molecule has 4 aromatic rings. The second kappa shape index (κ2) is 9.38. The van der Waals surface area contributed by atoms with Gasteiger partial charge in [0.05, 0.1) is 11.1 Å². The van der Waals surface area contributed by atoms with E-state index in [4.69, 9.17) is 11.6 Å². The van der Waals surface area contributed by atoms with E-state index in [-0.39, 0.29) is 23.4 Å². The molecular weight excluding hydrogens is 438 g/mol. The Labute approximate surface area is 195 Å². The van der Waals surface area contributed by atoms with Crippen molar-refractivity contribution in [3.8, 4) is 0 Å². The molecule has 1 N–H and O–H groups in total. The van der Waals surface area contributed by atoms with E-state index in [0.717, 1.165) is 16.7 Å². The predicted molar refractivity (Wildman–Crippen MR) is 129 cm³/mol. The fourth-order valence-electron chi connectivity index (χ4n) is 3.61. The number of aryl methyl sites for hydroxylation is 2. The normalized spacial score (nSPS) is 10.9. The lowest BCUT2D eigenvalue weighted by Crippen LogP contribution is -2.29. The molecule has 2 aromatic carbocycles. The molecule has 1 amide bonds. The van der Waals surface area contributed by atoms with Gasteiger partial charge in [-0.2, -0.15) is 0 Å². The summed E-state index contributed by atoms with van der Waals surface area (Å²) < 4.78 is 1.66. The first-order valence-corrected chi connectivity index (χ1v) is 10.8. The Bertz CT molecular complexity index is 1410. The molecule has 0 fully saturated rings. The zero-order chi connectivity index (χ0) is 23.5. The number of pyridine rings is 2. The van der Waals surface area contributed by atoms with Crippen molar-refractivity contribution >= 4 is 34.2 Å². The summed E-state index contributed by atoms with van der Waals surface area (Å²) in [4.78, 5) is 43.0. The lowest BCUT2D eigenvalue weighted by Gasteiger charge is -2.15. The van der Waals surface area contributed by atoms with Crippen LogP contribution in [0, 0.1) is 13.8 Å². The SMILES string of the molecule is Cc1cc2c(=O)c(C(=O)c3ccncc3)cn(CC(=O)NCc3ccc(Cl)cc3)c2cc1C. The Balaban J connectivity index is 1.71. The van der Waals surface area contributed by atoms with Gasteiger partial charge < -0.3 is 9.88 Å². The minimum absolute atomic E-state index is 0.0162. The van der Waals surface area contributed by atoms with Crippen LogP contribution < -0.4 is 10.7 Å². The number of hydrogen-bond acceptors (Lipinski definition) is 4. The molecule has 0 radical (unpaired) electrons. The van der Waals surface area contributed by atoms with E-state index < -0.39 is 5.78 Å². The van der Waals surface area contributed by atoms with Gasteiger partial charge in [-0.3, -0.25) is 19.4 Å². The van der Waals surface area contributed by atoms with Gasteiger partial charge in [0.15, 0.2) is 5.78 Å². The van der Waals surface area contributed by atoms with Gasteiger partial charge in [0.2, 0.25) is 11.3 Å². The highest BCUT2D eigenvalue weighted by atomic mass is 35.5. The van der Waals surface area contributed by atoms with Crippen molar-refractivity contribution in [3.05, 3.63) is 110 Å². The molecule has 0 aliphatic rings. The lowest BCUT2D eigenvalue weighted by atomic mass is 10.0. The van der Waals surface area contributed by atoms with E-state index in [1.807, 2.05) is 32.0 Å². The van der Waals surface area contributed by atoms with E-state index in [9.17, 15) is 14.4 Å². The summed E-state index contributed by atoms with van der Waals surface area (Å²) in [6.45, 7) is 4.16. The van der Waals surface area contributed by atoms with Crippen LogP contribution in [-0.4, -0.2) is 21.2 Å². The van der Waals surface area contributed by atoms with E-state index in [1.54, 1.807) is 34.9 Å². The molecule has 2 aromatic heterocycles. The standard InChI is InChI=1S/C26H22ClN3O3/c1-16-11-21-23(12-17(16)2)30(15-24(31)29-13-18-3-5-20(27)6-4-18)14-22(26(21)33)25(32)19-7-9-28-10-8-19/h3-12,14H,13,15H2,1-2H3,(H,29,31). The van der Waals surface area contributed by atoms with Crippen molar-refractivity contribution in [2.75, 3.05) is 0 Å². The molecule has 6 nitrogen and oxygen atoms in total. The molecule has 0 atom stereocenters. The molecule has 2 heterocycles. The van der Waals surface area contributed by atoms with Crippen LogP contribution in [0.4, 0.5) is 0 Å². The lowest BCUT2D eigenvalue weighted by molar-refractivity contribution is -0.121. The summed E-state index contributed by atoms with van der Waals surface area (Å²) in [6, 6.07) is 14.0. The molecule has 0 saturated carbocycles. The molecule has 0 aliphatic carbocycles. The third kappa shape index (κ3) is 4.86. The third-order valence-corrected chi connectivity index (χ3v) is 5.85. The molecule has 33 heavy (non-hydrogen) atoms. The van der Waals surface area contributed by atoms with E-state index in [1.165, 1.54) is 18.6 Å². The first-order valence-electron chi connectivity index (χ1n) is 10.4. The van der Waals surface area contributed by atoms with Crippen LogP contribution in [0.1, 0.15) is 32.6 Å². The van der Waals surface area contributed by atoms with Crippen LogP contribution in [-0.2, 0) is 17.9 Å². The van der Waals surface area contributed by atoms with Crippen molar-refractivity contribution in [3.63, 3.8) is 0 Å². The van der Waals surface area contributed by atoms with Crippen LogP contribution in [0.15, 0.2) is 71.9 Å². The maximum absolute atomic E-state index is 13.2. The highest BCUT2D eigenvalue weighted by molar-refractivity contribution is 6.30. The number of fused-ring (bicyclic) bond motifs is 1. The number of benzene rings is 2. The minimum atomic E-state index is -0.405. The maximum atomic E-state index is 13.2. The summed E-state index contributed by atoms with van der Waals surface area (Å²) >= 11 is 5.91. The van der Waals surface area contributed by atoms with Gasteiger partial charge in [0, 0.05) is 41.1 Å². The molecular formula is C26H22ClN3O3. The van der Waals surface area contributed by atoms with Gasteiger partial charge in [-0.05, 0) is 66.9 Å². The Morgan fingerprint density at radius 3 is 2.36 bits per heavy atom. The number of carbonyl (C=O) groups excluding carboxylic acids is 2. The first kappa shape index (κ1) is 22.4. The summed E-state index contributed by atoms with van der Waals surface area (Å²) in [6.07, 6.45) is 4.49. The summed E-state index contributed by atoms with van der Waals surface area (Å²) in [5.74, 6) is -0.645. The van der Waals surface area contributed by atoms with Crippen molar-refractivity contribution in [1.29, 1.82) is 0 Å². The van der Waals surface area contributed by atoms with E-state index in [0.29, 0.717) is 28.0 Å². The van der Waals surface area contributed by atoms with Crippen molar-refractivity contribution in [2.45, 2.75) is 26.9 Å². The minimum Gasteiger partial charge on any atom is -0.350 e. The fraction of sp³-hybridized carbons (Fsp3) is 0.154. The third-order valence-electron chi connectivity index (χ3n) is 5.60. The highest BCUT2D eigenvalue weighted by Crippen LogP contribution is 2.19. The smallest absolute Gasteiger partial charge is 0.240 e. The first-order chi connectivity index (χ1) is 15.8. The Hall–Kier alpha value is -3.77. The van der Waals surface area contributed by atoms with E-state index in [2.05, 4.69) is 10.3 Å². The number of nitrogens with zero attached hydrogens (tertiary/aromatic N) is 2. The largest absolute Gasteiger partial charge is 0.350 e. The average molecular weight is 460 g/mol. The van der Waals surface area contributed by atoms with Gasteiger partial charge >= 0.3 is 0 Å². The Kier molecular flexibility index (Phi) is 6.38. The molecule has 166 valence electrons. The topological polar surface area (TPSA) is 81.1 Å². The molecule has 7 heteroatoms. The second-order valence-corrected chi connectivity index (χ2v) is 8.36. The number of amides is 1. The summed E-state index contributed by atoms with van der Waals surface area (Å²) in [7, 11) is 0. The van der Waals surface area contributed by atoms with Gasteiger partial charge in [-0.1, -0.05) is 23.7 Å². The molecule has 0 saturated heterocycles. The number of ketones is 1. The number of hydrogen-bond donors (Lipinski definition) is 1. The number of aromatic nitrogens is 2. The quantitative estimate of drug-likeness (QED) is 0.438. The van der Waals surface area contributed by atoms with Gasteiger partial charge in [0.1, 0.15) is 6.54 Å². The fourth-order valence-corrected chi connectivity index (χ4v) is 3.74. The summed E-state index contributed by atoms with van der Waals surface area (Å²) in [5.41, 5.74) is 3.48. The number of carbonyl (C=O) groups is 2. The Morgan fingerprint density at radius 1 is 1.00 bits per heavy atom. The van der Waals surface area contributed by atoms with Crippen molar-refractivity contribution in [1.82, 2.24) is 14.9 Å². The number of rotatable bonds is 6. The van der Waals surface area contributed by atoms with Crippen LogP contribution in [0.2, 0.25) is 5.02 Å². The number of nitrogens with one attached hydrogen (secondary N) is 1. The molecule has 0 unspecified atom stereocenters. The molecule has 0 aliphatic heterocycles. The molecule has 0 spiro atoms. The van der Waals surface area contributed by atoms with Crippen LogP contribution >= 0.6 is 11.6 Å². The van der Waals surface area contributed by atoms with Gasteiger partial charge in [-0.15, -0.1) is 0 Å². The monoisotopic (exact) mass is 459 g/mol. The second-order valence-electron chi connectivity index (χ2n) is 7.92. The van der Waals surface area contributed by atoms with Crippen molar-refractivity contribution in [2.24, 2.45) is 0 Å². The van der Waals surface area contributed by atoms with E-state index >= 15 is 0 Å². The highest BCUT2D eigenvalue weighted by Gasteiger charge is 2.19. The zero-order valence-corrected chi connectivity index (χ0v) is 19.0. The van der Waals surface area contributed by atoms with Crippen LogP contribution in [0.5, 0.6) is 0 Å². The van der Waals surface area contributed by atoms with Crippen molar-refractivity contribution < 1.29 is 9.59 Å². The average Bonchev–Trinajstić information content (AvgIpc) is 2.82. The van der Waals surface area contributed by atoms with Crippen LogP contribution in [0.25, 0.3) is 10.9 Å². The predicted octanol–water partition coefficient (Wildman–Crippen LogP) is 4.21. The summed E-state index contributed by atoms with van der Waals surface area (Å²) in [5, 5.41) is 3.91. The van der Waals surface area contributed by atoms with Crippen LogP contribution in [0.3, 0.4) is 0 Å². The van der Waals surface area contributed by atoms with Gasteiger partial charge in [-0.25, -0.2) is 0 Å². The van der Waals surface area contributed by atoms with Gasteiger partial charge in [0.25, 0.3) is 0 Å².